The van der Waals surface area contributed by atoms with Gasteiger partial charge in [-0.1, -0.05) is 36.4 Å². The summed E-state index contributed by atoms with van der Waals surface area (Å²) in [4.78, 5) is 19.6. The smallest absolute Gasteiger partial charge is 0.450 e. The molecular weight excluding hydrogens is 250 g/mol. The van der Waals surface area contributed by atoms with Crippen LogP contribution in [0.1, 0.15) is 0 Å². The quantitative estimate of drug-likeness (QED) is 0.735. The molecule has 3 N–H and O–H groups in total. The molecule has 0 heterocycles. The van der Waals surface area contributed by atoms with Crippen LogP contribution in [0.4, 0.5) is 9.59 Å². The highest BCUT2D eigenvalue weighted by Gasteiger charge is 2.04. The number of amides is 1. The van der Waals surface area contributed by atoms with Crippen molar-refractivity contribution in [1.29, 1.82) is 0 Å². The molecule has 0 aliphatic rings. The van der Waals surface area contributed by atoms with Crippen LogP contribution in [-0.2, 0) is 0 Å². The average molecular weight is 263 g/mol. The Hall–Kier alpha value is -2.76. The van der Waals surface area contributed by atoms with Gasteiger partial charge in [0.1, 0.15) is 5.75 Å². The van der Waals surface area contributed by atoms with Crippen molar-refractivity contribution >= 4 is 23.0 Å². The minimum atomic E-state index is -1.83. The van der Waals surface area contributed by atoms with E-state index in [1.807, 2.05) is 36.4 Å². The van der Waals surface area contributed by atoms with Gasteiger partial charge in [-0.25, -0.2) is 9.59 Å². The zero-order valence-electron chi connectivity index (χ0n) is 10.2. The molecule has 0 saturated heterocycles. The highest BCUT2D eigenvalue weighted by molar-refractivity contribution is 5.90. The van der Waals surface area contributed by atoms with Gasteiger partial charge in [-0.3, -0.25) is 0 Å². The molecule has 0 aromatic heterocycles. The first-order chi connectivity index (χ1) is 9.04. The maximum Gasteiger partial charge on any atom is 0.503 e. The van der Waals surface area contributed by atoms with Crippen molar-refractivity contribution < 1.29 is 24.5 Å². The van der Waals surface area contributed by atoms with E-state index in [0.29, 0.717) is 5.75 Å². The number of benzene rings is 2. The molecule has 0 aliphatic heterocycles. The molecule has 0 saturated carbocycles. The van der Waals surface area contributed by atoms with Gasteiger partial charge in [0.05, 0.1) is 0 Å². The Morgan fingerprint density at radius 1 is 1.05 bits per heavy atom. The van der Waals surface area contributed by atoms with E-state index in [4.69, 9.17) is 19.7 Å². The van der Waals surface area contributed by atoms with Crippen molar-refractivity contribution in [3.05, 3.63) is 42.5 Å². The van der Waals surface area contributed by atoms with Gasteiger partial charge in [-0.15, -0.1) is 0 Å². The Morgan fingerprint density at radius 3 is 2.26 bits per heavy atom. The molecule has 100 valence electrons. The molecule has 0 radical (unpaired) electrons. The lowest BCUT2D eigenvalue weighted by molar-refractivity contribution is 0.137. The number of carbonyl (C=O) groups excluding carboxylic acids is 1. The van der Waals surface area contributed by atoms with Gasteiger partial charge in [0.2, 0.25) is 0 Å². The molecule has 0 aliphatic carbocycles. The summed E-state index contributed by atoms with van der Waals surface area (Å²) in [6.07, 6.45) is -2.29. The topological polar surface area (TPSA) is 95.9 Å². The highest BCUT2D eigenvalue weighted by Crippen LogP contribution is 2.24. The van der Waals surface area contributed by atoms with E-state index in [0.717, 1.165) is 10.8 Å². The highest BCUT2D eigenvalue weighted by atomic mass is 16.6. The Morgan fingerprint density at radius 2 is 1.63 bits per heavy atom. The first-order valence-electron chi connectivity index (χ1n) is 5.34. The van der Waals surface area contributed by atoms with Crippen LogP contribution >= 0.6 is 0 Å². The third kappa shape index (κ3) is 4.55. The minimum absolute atomic E-state index is 0.452. The zero-order chi connectivity index (χ0) is 14.3. The number of nitrogens with one attached hydrogen (secondary N) is 1. The fourth-order valence-corrected chi connectivity index (χ4v) is 1.44. The first kappa shape index (κ1) is 14.3. The number of hydrogen-bond donors (Lipinski definition) is 3. The SMILES string of the molecule is CNC(=O)Oc1cccc2ccccc12.O=C(O)O. The third-order valence-electron chi connectivity index (χ3n) is 2.16. The second-order valence-electron chi connectivity index (χ2n) is 3.40. The average Bonchev–Trinajstić information content (AvgIpc) is 2.38. The predicted octanol–water partition coefficient (Wildman–Crippen LogP) is 2.78. The third-order valence-corrected chi connectivity index (χ3v) is 2.16. The molecule has 1 amide bonds. The largest absolute Gasteiger partial charge is 0.503 e. The number of carbonyl (C=O) groups is 2. The Labute approximate surface area is 109 Å². The molecule has 19 heavy (non-hydrogen) atoms. The maximum absolute atomic E-state index is 11.1. The molecule has 2 rings (SSSR count). The molecule has 0 atom stereocenters. The molecule has 2 aromatic carbocycles. The molecule has 0 fully saturated rings. The van der Waals surface area contributed by atoms with Crippen molar-refractivity contribution in [2.24, 2.45) is 0 Å². The van der Waals surface area contributed by atoms with Crippen LogP contribution in [0.15, 0.2) is 42.5 Å². The number of carboxylic acid groups (broad SMARTS) is 2. The second kappa shape index (κ2) is 6.85. The van der Waals surface area contributed by atoms with Crippen molar-refractivity contribution in [1.82, 2.24) is 5.32 Å². The van der Waals surface area contributed by atoms with Gasteiger partial charge in [0.25, 0.3) is 0 Å². The fraction of sp³-hybridized carbons (Fsp3) is 0.0769. The van der Waals surface area contributed by atoms with Crippen LogP contribution in [0.3, 0.4) is 0 Å². The van der Waals surface area contributed by atoms with E-state index < -0.39 is 12.2 Å². The van der Waals surface area contributed by atoms with E-state index >= 15 is 0 Å². The summed E-state index contributed by atoms with van der Waals surface area (Å²) in [6, 6.07) is 13.4. The molecule has 0 spiro atoms. The summed E-state index contributed by atoms with van der Waals surface area (Å²) in [5.74, 6) is 0.576. The number of hydrogen-bond acceptors (Lipinski definition) is 3. The molecule has 6 nitrogen and oxygen atoms in total. The molecule has 0 bridgehead atoms. The maximum atomic E-state index is 11.1. The van der Waals surface area contributed by atoms with E-state index in [9.17, 15) is 4.79 Å². The van der Waals surface area contributed by atoms with Gasteiger partial charge in [-0.2, -0.15) is 0 Å². The van der Waals surface area contributed by atoms with Gasteiger partial charge >= 0.3 is 12.2 Å². The zero-order valence-corrected chi connectivity index (χ0v) is 10.2. The fourth-order valence-electron chi connectivity index (χ4n) is 1.44. The normalized spacial score (nSPS) is 9.11. The summed E-state index contributed by atoms with van der Waals surface area (Å²) in [5, 5.41) is 18.3. The summed E-state index contributed by atoms with van der Waals surface area (Å²) in [5.41, 5.74) is 0. The van der Waals surface area contributed by atoms with E-state index in [1.165, 1.54) is 7.05 Å². The van der Waals surface area contributed by atoms with Crippen LogP contribution in [0.5, 0.6) is 5.75 Å². The van der Waals surface area contributed by atoms with Crippen LogP contribution < -0.4 is 10.1 Å². The summed E-state index contributed by atoms with van der Waals surface area (Å²) >= 11 is 0. The summed E-state index contributed by atoms with van der Waals surface area (Å²) in [6.45, 7) is 0. The standard InChI is InChI=1S/C12H11NO2.CH2O3/c1-13-12(14)15-11-8-4-6-9-5-2-3-7-10(9)11;2-1(3)4/h2-8H,1H3,(H,13,14);(H2,2,3,4). The van der Waals surface area contributed by atoms with Gasteiger partial charge in [-0.05, 0) is 11.5 Å². The molecule has 2 aromatic rings. The van der Waals surface area contributed by atoms with Crippen molar-refractivity contribution in [3.63, 3.8) is 0 Å². The van der Waals surface area contributed by atoms with E-state index in [2.05, 4.69) is 5.32 Å². The first-order valence-corrected chi connectivity index (χ1v) is 5.34. The van der Waals surface area contributed by atoms with Crippen LogP contribution in [0, 0.1) is 0 Å². The molecule has 0 unspecified atom stereocenters. The Balaban J connectivity index is 0.000000399. The van der Waals surface area contributed by atoms with Gasteiger partial charge in [0, 0.05) is 12.4 Å². The summed E-state index contributed by atoms with van der Waals surface area (Å²) < 4.78 is 5.13. The summed E-state index contributed by atoms with van der Waals surface area (Å²) in [7, 11) is 1.54. The lowest BCUT2D eigenvalue weighted by Gasteiger charge is -2.06. The number of rotatable bonds is 1. The van der Waals surface area contributed by atoms with E-state index in [-0.39, 0.29) is 0 Å². The molecule has 6 heteroatoms. The lowest BCUT2D eigenvalue weighted by atomic mass is 10.1. The van der Waals surface area contributed by atoms with Crippen LogP contribution in [-0.4, -0.2) is 29.5 Å². The number of fused-ring (bicyclic) bond motifs is 1. The predicted molar refractivity (Wildman–Crippen MR) is 69.7 cm³/mol. The Bertz CT molecular complexity index is 573. The van der Waals surface area contributed by atoms with Crippen molar-refractivity contribution in [2.75, 3.05) is 7.05 Å². The monoisotopic (exact) mass is 263 g/mol. The van der Waals surface area contributed by atoms with Gasteiger partial charge in [0.15, 0.2) is 0 Å². The lowest BCUT2D eigenvalue weighted by Crippen LogP contribution is -2.22. The van der Waals surface area contributed by atoms with Crippen LogP contribution in [0.2, 0.25) is 0 Å². The van der Waals surface area contributed by atoms with Crippen molar-refractivity contribution in [3.8, 4) is 5.75 Å². The Kier molecular flexibility index (Phi) is 5.16. The molecular formula is C13H13NO5. The van der Waals surface area contributed by atoms with Gasteiger partial charge < -0.3 is 20.3 Å². The minimum Gasteiger partial charge on any atom is -0.450 e. The second-order valence-corrected chi connectivity index (χ2v) is 3.40. The van der Waals surface area contributed by atoms with E-state index in [1.54, 1.807) is 6.07 Å². The van der Waals surface area contributed by atoms with Crippen molar-refractivity contribution in [2.45, 2.75) is 0 Å². The van der Waals surface area contributed by atoms with Crippen LogP contribution in [0.25, 0.3) is 10.8 Å². The number of ether oxygens (including phenoxy) is 1.